The van der Waals surface area contributed by atoms with Crippen molar-refractivity contribution < 1.29 is 4.74 Å². The van der Waals surface area contributed by atoms with Crippen molar-refractivity contribution in [3.05, 3.63) is 71.3 Å². The van der Waals surface area contributed by atoms with Crippen LogP contribution in [-0.2, 0) is 16.6 Å². The van der Waals surface area contributed by atoms with Gasteiger partial charge in [-0.3, -0.25) is 10.2 Å². The number of nitrogens with zero attached hydrogens (tertiary/aromatic N) is 3. The molecule has 0 atom stereocenters. The molecule has 1 aliphatic rings. The average molecular weight is 456 g/mol. The number of rotatable bonds is 2. The minimum atomic E-state index is 0. The number of nitrogens with one attached hydrogen (secondary N) is 2. The van der Waals surface area contributed by atoms with Crippen LogP contribution in [0, 0.1) is 6.57 Å². The lowest BCUT2D eigenvalue weighted by molar-refractivity contribution is 0.198. The molecule has 0 saturated carbocycles. The number of halogens is 1. The fourth-order valence-electron chi connectivity index (χ4n) is 2.77. The monoisotopic (exact) mass is 455 g/mol. The van der Waals surface area contributed by atoms with Crippen LogP contribution in [0.3, 0.4) is 0 Å². The Morgan fingerprint density at radius 2 is 1.48 bits per heavy atom. The van der Waals surface area contributed by atoms with Crippen LogP contribution in [0.1, 0.15) is 31.4 Å². The van der Waals surface area contributed by atoms with Crippen molar-refractivity contribution in [3.8, 4) is 0 Å². The van der Waals surface area contributed by atoms with Gasteiger partial charge in [-0.1, -0.05) is 29.4 Å². The van der Waals surface area contributed by atoms with Gasteiger partial charge in [-0.2, -0.15) is 10.2 Å². The molecule has 2 aromatic heterocycles. The summed E-state index contributed by atoms with van der Waals surface area (Å²) in [6.07, 6.45) is 6.16. The number of fused-ring (bicyclic) bond motifs is 2. The van der Waals surface area contributed by atoms with Crippen LogP contribution in [0.5, 0.6) is 0 Å². The number of hydrogen-bond donors (Lipinski definition) is 2. The average Bonchev–Trinajstić information content (AvgIpc) is 3.51. The van der Waals surface area contributed by atoms with Crippen molar-refractivity contribution in [1.82, 2.24) is 20.4 Å². The molecule has 1 fully saturated rings. The van der Waals surface area contributed by atoms with Crippen molar-refractivity contribution in [2.45, 2.75) is 32.1 Å². The molecular weight excluding hydrogens is 430 g/mol. The Morgan fingerprint density at radius 1 is 0.931 bits per heavy atom. The van der Waals surface area contributed by atoms with Crippen molar-refractivity contribution in [3.63, 3.8) is 0 Å². The highest BCUT2D eigenvalue weighted by Gasteiger charge is 1.98. The van der Waals surface area contributed by atoms with E-state index >= 15 is 0 Å². The van der Waals surface area contributed by atoms with Crippen LogP contribution in [0.4, 0.5) is 0 Å². The summed E-state index contributed by atoms with van der Waals surface area (Å²) >= 11 is 3.40. The van der Waals surface area contributed by atoms with Gasteiger partial charge in [-0.25, -0.2) is 6.57 Å². The highest BCUT2D eigenvalue weighted by molar-refractivity contribution is 9.08. The van der Waals surface area contributed by atoms with E-state index in [1.54, 1.807) is 6.20 Å². The molecule has 152 valence electrons. The summed E-state index contributed by atoms with van der Waals surface area (Å²) < 4.78 is 4.94. The van der Waals surface area contributed by atoms with E-state index in [9.17, 15) is 0 Å². The second-order valence-electron chi connectivity index (χ2n) is 6.35. The number of benzene rings is 2. The van der Waals surface area contributed by atoms with Gasteiger partial charge in [0.2, 0.25) is 6.54 Å². The quantitative estimate of drug-likeness (QED) is 0.293. The van der Waals surface area contributed by atoms with Gasteiger partial charge < -0.3 is 9.58 Å². The largest absolute Gasteiger partial charge is 0.381 e. The number of H-pyrrole nitrogens is 2. The zero-order valence-corrected chi connectivity index (χ0v) is 17.1. The number of hydrogen-bond acceptors (Lipinski definition) is 3. The SMILES string of the molecule is BrCc1ccc2[nH]ncc2c1.C.C1CCOC1.[C-]#[N+]Cc1ccc2[nH]ncc2c1. The van der Waals surface area contributed by atoms with Crippen LogP contribution >= 0.6 is 15.9 Å². The Balaban J connectivity index is 0.000000164. The third kappa shape index (κ3) is 6.70. The normalized spacial score (nSPS) is 12.3. The summed E-state index contributed by atoms with van der Waals surface area (Å²) in [7, 11) is 0. The minimum absolute atomic E-state index is 0. The van der Waals surface area contributed by atoms with Crippen LogP contribution in [-0.4, -0.2) is 33.6 Å². The van der Waals surface area contributed by atoms with E-state index in [2.05, 4.69) is 53.3 Å². The maximum absolute atomic E-state index is 6.71. The second-order valence-corrected chi connectivity index (χ2v) is 6.91. The summed E-state index contributed by atoms with van der Waals surface area (Å²) in [4.78, 5) is 3.32. The molecule has 0 unspecified atom stereocenters. The van der Waals surface area contributed by atoms with Gasteiger partial charge in [-0.05, 0) is 48.7 Å². The number of aromatic amines is 2. The number of aromatic nitrogens is 4. The zero-order chi connectivity index (χ0) is 19.6. The first-order valence-corrected chi connectivity index (χ1v) is 10.2. The number of alkyl halides is 1. The van der Waals surface area contributed by atoms with Crippen LogP contribution in [0.15, 0.2) is 48.8 Å². The Bertz CT molecular complexity index is 1040. The van der Waals surface area contributed by atoms with Crippen molar-refractivity contribution in [2.75, 3.05) is 13.2 Å². The lowest BCUT2D eigenvalue weighted by Gasteiger charge is -1.92. The predicted octanol–water partition coefficient (Wildman–Crippen LogP) is 5.87. The molecule has 0 radical (unpaired) electrons. The molecule has 29 heavy (non-hydrogen) atoms. The summed E-state index contributed by atoms with van der Waals surface area (Å²) in [5.41, 5.74) is 4.43. The molecule has 0 bridgehead atoms. The van der Waals surface area contributed by atoms with Gasteiger partial charge >= 0.3 is 0 Å². The van der Waals surface area contributed by atoms with Gasteiger partial charge in [0.25, 0.3) is 0 Å². The Kier molecular flexibility index (Phi) is 9.35. The smallest absolute Gasteiger partial charge is 0.239 e. The highest BCUT2D eigenvalue weighted by atomic mass is 79.9. The van der Waals surface area contributed by atoms with Crippen LogP contribution in [0.2, 0.25) is 0 Å². The lowest BCUT2D eigenvalue weighted by Crippen LogP contribution is -1.77. The maximum atomic E-state index is 6.71. The predicted molar refractivity (Wildman–Crippen MR) is 122 cm³/mol. The van der Waals surface area contributed by atoms with Gasteiger partial charge in [0.15, 0.2) is 0 Å². The summed E-state index contributed by atoms with van der Waals surface area (Å²) in [5, 5.41) is 16.7. The summed E-state index contributed by atoms with van der Waals surface area (Å²) in [6.45, 7) is 9.16. The topological polar surface area (TPSA) is 70.9 Å². The maximum Gasteiger partial charge on any atom is 0.239 e. The molecule has 2 N–H and O–H groups in total. The standard InChI is InChI=1S/C9H7N3.C8H7BrN2.C4H8O.CH4/c1-10-5-7-2-3-9-8(4-7)6-11-12-9;9-4-6-1-2-8-7(3-6)5-10-11-8;1-2-4-5-3-1;/h2-4,6H,5H2,(H,11,12);1-3,5H,4H2,(H,10,11);1-4H2;1H4. The second kappa shape index (κ2) is 12.0. The molecule has 2 aromatic carbocycles. The van der Waals surface area contributed by atoms with Crippen LogP contribution < -0.4 is 0 Å². The van der Waals surface area contributed by atoms with Crippen LogP contribution in [0.25, 0.3) is 26.7 Å². The van der Waals surface area contributed by atoms with Gasteiger partial charge in [0, 0.05) is 34.9 Å². The van der Waals surface area contributed by atoms with E-state index in [1.165, 1.54) is 23.8 Å². The van der Waals surface area contributed by atoms with Crippen molar-refractivity contribution in [1.29, 1.82) is 0 Å². The molecule has 4 aromatic rings. The molecule has 5 rings (SSSR count). The van der Waals surface area contributed by atoms with E-state index in [4.69, 9.17) is 11.3 Å². The molecule has 0 aliphatic carbocycles. The molecule has 3 heterocycles. The Labute approximate surface area is 179 Å². The molecular formula is C22H26BrN5O. The lowest BCUT2D eigenvalue weighted by atomic mass is 10.2. The van der Waals surface area contributed by atoms with Gasteiger partial charge in [0.05, 0.1) is 23.4 Å². The van der Waals surface area contributed by atoms with E-state index in [1.807, 2.05) is 30.5 Å². The molecule has 1 aliphatic heterocycles. The first-order chi connectivity index (χ1) is 13.8. The van der Waals surface area contributed by atoms with Gasteiger partial charge in [-0.15, -0.1) is 0 Å². The van der Waals surface area contributed by atoms with E-state index in [-0.39, 0.29) is 7.43 Å². The van der Waals surface area contributed by atoms with Crippen molar-refractivity contribution >= 4 is 37.7 Å². The molecule has 7 heteroatoms. The van der Waals surface area contributed by atoms with Gasteiger partial charge in [0.1, 0.15) is 0 Å². The zero-order valence-electron chi connectivity index (χ0n) is 15.5. The van der Waals surface area contributed by atoms with E-state index in [0.29, 0.717) is 6.54 Å². The first-order valence-electron chi connectivity index (χ1n) is 9.11. The van der Waals surface area contributed by atoms with Crippen molar-refractivity contribution in [2.24, 2.45) is 0 Å². The fraction of sp³-hybridized carbons (Fsp3) is 0.318. The molecule has 1 saturated heterocycles. The summed E-state index contributed by atoms with van der Waals surface area (Å²) in [5.74, 6) is 0. The third-order valence-electron chi connectivity index (χ3n) is 4.25. The summed E-state index contributed by atoms with van der Waals surface area (Å²) in [6, 6.07) is 12.1. The van der Waals surface area contributed by atoms with E-state index < -0.39 is 0 Å². The number of ether oxygens (including phenoxy) is 1. The minimum Gasteiger partial charge on any atom is -0.381 e. The fourth-order valence-corrected chi connectivity index (χ4v) is 3.12. The Hall–Kier alpha value is -2.69. The van der Waals surface area contributed by atoms with E-state index in [0.717, 1.165) is 40.5 Å². The molecule has 0 spiro atoms. The molecule has 0 amide bonds. The highest BCUT2D eigenvalue weighted by Crippen LogP contribution is 2.14. The molecule has 6 nitrogen and oxygen atoms in total. The Morgan fingerprint density at radius 3 is 1.97 bits per heavy atom. The first kappa shape index (κ1) is 22.6. The third-order valence-corrected chi connectivity index (χ3v) is 4.90.